The first kappa shape index (κ1) is 20.2. The zero-order valence-corrected chi connectivity index (χ0v) is 16.6. The van der Waals surface area contributed by atoms with Crippen LogP contribution in [0.3, 0.4) is 0 Å². The van der Waals surface area contributed by atoms with Crippen LogP contribution in [0.2, 0.25) is 0 Å². The van der Waals surface area contributed by atoms with Crippen molar-refractivity contribution < 1.29 is 14.3 Å². The van der Waals surface area contributed by atoms with Crippen molar-refractivity contribution in [2.45, 2.75) is 45.1 Å². The second-order valence-electron chi connectivity index (χ2n) is 7.15. The normalized spacial score (nSPS) is 19.1. The number of aliphatic imine (C=N–C) groups is 1. The molecule has 0 aromatic heterocycles. The largest absolute Gasteiger partial charge is 0.490 e. The zero-order valence-electron chi connectivity index (χ0n) is 16.6. The summed E-state index contributed by atoms with van der Waals surface area (Å²) in [4.78, 5) is 32.1. The van der Waals surface area contributed by atoms with Crippen molar-refractivity contribution >= 4 is 17.8 Å². The molecule has 152 valence electrons. The Hall–Kier alpha value is -2.57. The molecule has 0 bridgehead atoms. The summed E-state index contributed by atoms with van der Waals surface area (Å²) in [7, 11) is 0. The summed E-state index contributed by atoms with van der Waals surface area (Å²) in [6.07, 6.45) is 3.67. The predicted octanol–water partition coefficient (Wildman–Crippen LogP) is 2.03. The van der Waals surface area contributed by atoms with Gasteiger partial charge in [-0.3, -0.25) is 19.5 Å². The van der Waals surface area contributed by atoms with E-state index in [1.165, 1.54) is 4.90 Å². The Morgan fingerprint density at radius 3 is 2.46 bits per heavy atom. The minimum Gasteiger partial charge on any atom is -0.490 e. The highest BCUT2D eigenvalue weighted by atomic mass is 16.5. The molecule has 0 radical (unpaired) electrons. The van der Waals surface area contributed by atoms with Crippen molar-refractivity contribution in [3.8, 4) is 5.75 Å². The van der Waals surface area contributed by atoms with Crippen LogP contribution in [-0.4, -0.2) is 66.4 Å². The lowest BCUT2D eigenvalue weighted by Gasteiger charge is -2.34. The maximum atomic E-state index is 11.9. The molecule has 2 aliphatic heterocycles. The van der Waals surface area contributed by atoms with E-state index in [1.807, 2.05) is 37.3 Å². The van der Waals surface area contributed by atoms with E-state index in [-0.39, 0.29) is 17.9 Å². The number of ether oxygens (including phenoxy) is 1. The number of amides is 2. The van der Waals surface area contributed by atoms with Crippen LogP contribution in [0.15, 0.2) is 35.3 Å². The smallest absolute Gasteiger partial charge is 0.229 e. The van der Waals surface area contributed by atoms with Crippen LogP contribution in [-0.2, 0) is 9.59 Å². The minimum absolute atomic E-state index is 0.0738. The molecule has 7 heteroatoms. The Balaban J connectivity index is 1.50. The molecule has 1 aromatic rings. The number of imide groups is 1. The molecular weight excluding hydrogens is 356 g/mol. The third kappa shape index (κ3) is 5.47. The average molecular weight is 386 g/mol. The standard InChI is InChI=1S/C21H30N4O3/c1-2-22-21(23-13-16-25-19(26)9-6-10-20(25)27)24-14-11-18(12-15-24)28-17-7-4-3-5-8-17/h3-5,7-8,18H,2,6,9-16H2,1H3,(H,22,23). The van der Waals surface area contributed by atoms with E-state index in [0.717, 1.165) is 44.2 Å². The van der Waals surface area contributed by atoms with Gasteiger partial charge >= 0.3 is 0 Å². The fourth-order valence-corrected chi connectivity index (χ4v) is 3.61. The first-order valence-corrected chi connectivity index (χ1v) is 10.3. The van der Waals surface area contributed by atoms with Gasteiger partial charge in [0.05, 0.1) is 6.54 Å². The van der Waals surface area contributed by atoms with Gasteiger partial charge in [-0.2, -0.15) is 0 Å². The molecule has 2 saturated heterocycles. The van der Waals surface area contributed by atoms with E-state index in [4.69, 9.17) is 4.74 Å². The second-order valence-corrected chi connectivity index (χ2v) is 7.15. The summed E-state index contributed by atoms with van der Waals surface area (Å²) in [6.45, 7) is 5.34. The number of guanidine groups is 1. The molecule has 0 spiro atoms. The molecule has 1 aromatic carbocycles. The minimum atomic E-state index is -0.0738. The van der Waals surface area contributed by atoms with Crippen molar-refractivity contribution in [2.24, 2.45) is 4.99 Å². The van der Waals surface area contributed by atoms with Crippen LogP contribution in [0.1, 0.15) is 39.0 Å². The lowest BCUT2D eigenvalue weighted by molar-refractivity contribution is -0.147. The molecule has 0 atom stereocenters. The highest BCUT2D eigenvalue weighted by Crippen LogP contribution is 2.18. The first-order chi connectivity index (χ1) is 13.7. The molecule has 7 nitrogen and oxygen atoms in total. The Morgan fingerprint density at radius 1 is 1.14 bits per heavy atom. The molecule has 1 N–H and O–H groups in total. The van der Waals surface area contributed by atoms with Crippen LogP contribution < -0.4 is 10.1 Å². The number of hydrogen-bond donors (Lipinski definition) is 1. The van der Waals surface area contributed by atoms with Gasteiger partial charge in [0, 0.05) is 51.9 Å². The molecule has 0 saturated carbocycles. The summed E-state index contributed by atoms with van der Waals surface area (Å²) < 4.78 is 6.06. The highest BCUT2D eigenvalue weighted by Gasteiger charge is 2.26. The summed E-state index contributed by atoms with van der Waals surface area (Å²) in [5, 5.41) is 3.32. The Bertz CT molecular complexity index is 668. The monoisotopic (exact) mass is 386 g/mol. The molecule has 2 fully saturated rings. The number of nitrogens with one attached hydrogen (secondary N) is 1. The number of carbonyl (C=O) groups is 2. The van der Waals surface area contributed by atoms with Gasteiger partial charge in [-0.05, 0) is 25.5 Å². The topological polar surface area (TPSA) is 74.2 Å². The van der Waals surface area contributed by atoms with Gasteiger partial charge in [0.1, 0.15) is 11.9 Å². The van der Waals surface area contributed by atoms with Gasteiger partial charge < -0.3 is 15.0 Å². The molecule has 2 amide bonds. The Kier molecular flexibility index (Phi) is 7.28. The van der Waals surface area contributed by atoms with Crippen molar-refractivity contribution in [2.75, 3.05) is 32.7 Å². The van der Waals surface area contributed by atoms with Crippen molar-refractivity contribution in [1.82, 2.24) is 15.1 Å². The second kappa shape index (κ2) is 10.1. The molecule has 0 unspecified atom stereocenters. The third-order valence-corrected chi connectivity index (χ3v) is 5.09. The van der Waals surface area contributed by atoms with Gasteiger partial charge in [0.15, 0.2) is 5.96 Å². The number of para-hydroxylation sites is 1. The fraction of sp³-hybridized carbons (Fsp3) is 0.571. The Labute approximate surface area is 166 Å². The van der Waals surface area contributed by atoms with Crippen LogP contribution in [0.25, 0.3) is 0 Å². The zero-order chi connectivity index (χ0) is 19.8. The summed E-state index contributed by atoms with van der Waals surface area (Å²) in [5.74, 6) is 1.61. The maximum absolute atomic E-state index is 11.9. The van der Waals surface area contributed by atoms with Crippen molar-refractivity contribution in [3.63, 3.8) is 0 Å². The molecule has 3 rings (SSSR count). The third-order valence-electron chi connectivity index (χ3n) is 5.09. The number of rotatable bonds is 6. The number of benzene rings is 1. The highest BCUT2D eigenvalue weighted by molar-refractivity contribution is 5.97. The lowest BCUT2D eigenvalue weighted by Crippen LogP contribution is -2.48. The first-order valence-electron chi connectivity index (χ1n) is 10.3. The Morgan fingerprint density at radius 2 is 1.82 bits per heavy atom. The van der Waals surface area contributed by atoms with Gasteiger partial charge in [0.25, 0.3) is 0 Å². The van der Waals surface area contributed by atoms with Crippen LogP contribution in [0, 0.1) is 0 Å². The number of likely N-dealkylation sites (tertiary alicyclic amines) is 2. The molecule has 2 heterocycles. The van der Waals surface area contributed by atoms with E-state index in [1.54, 1.807) is 0 Å². The number of hydrogen-bond acceptors (Lipinski definition) is 4. The molecule has 2 aliphatic rings. The summed E-state index contributed by atoms with van der Waals surface area (Å²) >= 11 is 0. The number of nitrogens with zero attached hydrogens (tertiary/aromatic N) is 3. The van der Waals surface area contributed by atoms with E-state index in [0.29, 0.717) is 32.4 Å². The van der Waals surface area contributed by atoms with Crippen LogP contribution in [0.4, 0.5) is 0 Å². The molecule has 0 aliphatic carbocycles. The summed E-state index contributed by atoms with van der Waals surface area (Å²) in [6, 6.07) is 9.93. The van der Waals surface area contributed by atoms with Crippen molar-refractivity contribution in [1.29, 1.82) is 0 Å². The summed E-state index contributed by atoms with van der Waals surface area (Å²) in [5.41, 5.74) is 0. The number of piperidine rings is 2. The molecular formula is C21H30N4O3. The van der Waals surface area contributed by atoms with E-state index < -0.39 is 0 Å². The SMILES string of the molecule is CCNC(=NCCN1C(=O)CCCC1=O)N1CCC(Oc2ccccc2)CC1. The van der Waals surface area contributed by atoms with E-state index >= 15 is 0 Å². The van der Waals surface area contributed by atoms with E-state index in [9.17, 15) is 9.59 Å². The van der Waals surface area contributed by atoms with Crippen LogP contribution >= 0.6 is 0 Å². The van der Waals surface area contributed by atoms with Gasteiger partial charge in [0.2, 0.25) is 11.8 Å². The average Bonchev–Trinajstić information content (AvgIpc) is 2.71. The van der Waals surface area contributed by atoms with Gasteiger partial charge in [-0.25, -0.2) is 0 Å². The van der Waals surface area contributed by atoms with E-state index in [2.05, 4.69) is 15.2 Å². The molecule has 28 heavy (non-hydrogen) atoms. The van der Waals surface area contributed by atoms with Gasteiger partial charge in [-0.15, -0.1) is 0 Å². The fourth-order valence-electron chi connectivity index (χ4n) is 3.61. The lowest BCUT2D eigenvalue weighted by atomic mass is 10.1. The quantitative estimate of drug-likeness (QED) is 0.460. The number of carbonyl (C=O) groups excluding carboxylic acids is 2. The van der Waals surface area contributed by atoms with Crippen LogP contribution in [0.5, 0.6) is 5.75 Å². The predicted molar refractivity (Wildman–Crippen MR) is 108 cm³/mol. The van der Waals surface area contributed by atoms with Crippen molar-refractivity contribution in [3.05, 3.63) is 30.3 Å². The van der Waals surface area contributed by atoms with Gasteiger partial charge in [-0.1, -0.05) is 18.2 Å². The maximum Gasteiger partial charge on any atom is 0.229 e.